The van der Waals surface area contributed by atoms with Gasteiger partial charge in [-0.15, -0.1) is 0 Å². The van der Waals surface area contributed by atoms with Crippen molar-refractivity contribution in [3.63, 3.8) is 0 Å². The zero-order chi connectivity index (χ0) is 18.5. The van der Waals surface area contributed by atoms with Gasteiger partial charge in [0.25, 0.3) is 5.91 Å². The number of oxime groups is 1. The van der Waals surface area contributed by atoms with E-state index in [2.05, 4.69) is 10.5 Å². The number of amides is 1. The van der Waals surface area contributed by atoms with E-state index in [0.717, 1.165) is 11.1 Å². The van der Waals surface area contributed by atoms with Crippen molar-refractivity contribution in [2.75, 3.05) is 14.2 Å². The van der Waals surface area contributed by atoms with Gasteiger partial charge in [-0.1, -0.05) is 23.4 Å². The van der Waals surface area contributed by atoms with Crippen LogP contribution in [0.4, 0.5) is 4.39 Å². The van der Waals surface area contributed by atoms with Crippen LogP contribution in [0.1, 0.15) is 17.5 Å². The van der Waals surface area contributed by atoms with Crippen molar-refractivity contribution in [3.05, 3.63) is 59.4 Å². The van der Waals surface area contributed by atoms with E-state index >= 15 is 0 Å². The van der Waals surface area contributed by atoms with Crippen molar-refractivity contribution in [1.82, 2.24) is 5.32 Å². The SMILES string of the molecule is COc1cccc(C2=NOC(C(=O)NCc3ccc(F)cc3)C2)c1OC. The van der Waals surface area contributed by atoms with E-state index in [1.54, 1.807) is 32.4 Å². The molecule has 136 valence electrons. The van der Waals surface area contributed by atoms with Gasteiger partial charge in [-0.25, -0.2) is 4.39 Å². The average Bonchev–Trinajstić information content (AvgIpc) is 3.16. The molecule has 1 unspecified atom stereocenters. The minimum atomic E-state index is -0.721. The molecule has 6 nitrogen and oxygen atoms in total. The molecule has 26 heavy (non-hydrogen) atoms. The number of benzene rings is 2. The summed E-state index contributed by atoms with van der Waals surface area (Å²) in [6, 6.07) is 11.4. The monoisotopic (exact) mass is 358 g/mol. The Bertz CT molecular complexity index is 821. The zero-order valence-corrected chi connectivity index (χ0v) is 14.5. The Labute approximate surface area is 150 Å². The molecule has 2 aromatic carbocycles. The van der Waals surface area contributed by atoms with Gasteiger partial charge < -0.3 is 19.6 Å². The smallest absolute Gasteiger partial charge is 0.264 e. The fourth-order valence-corrected chi connectivity index (χ4v) is 2.70. The number of carbonyl (C=O) groups excluding carboxylic acids is 1. The van der Waals surface area contributed by atoms with E-state index in [1.165, 1.54) is 12.1 Å². The average molecular weight is 358 g/mol. The van der Waals surface area contributed by atoms with E-state index in [-0.39, 0.29) is 18.3 Å². The van der Waals surface area contributed by atoms with Crippen LogP contribution < -0.4 is 14.8 Å². The number of nitrogens with one attached hydrogen (secondary N) is 1. The molecule has 0 fully saturated rings. The van der Waals surface area contributed by atoms with Gasteiger partial charge in [0.1, 0.15) is 5.82 Å². The molecular weight excluding hydrogens is 339 g/mol. The third kappa shape index (κ3) is 3.77. The highest BCUT2D eigenvalue weighted by Gasteiger charge is 2.30. The van der Waals surface area contributed by atoms with Gasteiger partial charge in [0.15, 0.2) is 11.5 Å². The number of rotatable bonds is 6. The van der Waals surface area contributed by atoms with Crippen molar-refractivity contribution in [3.8, 4) is 11.5 Å². The Hall–Kier alpha value is -3.09. The van der Waals surface area contributed by atoms with E-state index in [4.69, 9.17) is 14.3 Å². The zero-order valence-electron chi connectivity index (χ0n) is 14.5. The van der Waals surface area contributed by atoms with Crippen molar-refractivity contribution < 1.29 is 23.5 Å². The van der Waals surface area contributed by atoms with Gasteiger partial charge in [0, 0.05) is 18.5 Å². The molecule has 1 aliphatic rings. The van der Waals surface area contributed by atoms with Gasteiger partial charge in [-0.2, -0.15) is 0 Å². The van der Waals surface area contributed by atoms with E-state index in [1.807, 2.05) is 12.1 Å². The maximum atomic E-state index is 12.9. The first-order chi connectivity index (χ1) is 12.6. The Morgan fingerprint density at radius 2 is 2.00 bits per heavy atom. The van der Waals surface area contributed by atoms with Crippen LogP contribution in [0.3, 0.4) is 0 Å². The first-order valence-electron chi connectivity index (χ1n) is 8.08. The molecule has 0 aliphatic carbocycles. The molecule has 1 heterocycles. The molecule has 1 atom stereocenters. The van der Waals surface area contributed by atoms with Crippen LogP contribution in [0.15, 0.2) is 47.6 Å². The van der Waals surface area contributed by atoms with Crippen molar-refractivity contribution in [2.24, 2.45) is 5.16 Å². The molecule has 0 spiro atoms. The summed E-state index contributed by atoms with van der Waals surface area (Å²) in [6.45, 7) is 0.288. The van der Waals surface area contributed by atoms with Crippen LogP contribution in [0.2, 0.25) is 0 Å². The molecule has 1 amide bonds. The number of ether oxygens (including phenoxy) is 2. The normalized spacial score (nSPS) is 15.8. The highest BCUT2D eigenvalue weighted by molar-refractivity contribution is 6.06. The summed E-state index contributed by atoms with van der Waals surface area (Å²) in [4.78, 5) is 17.6. The molecule has 3 rings (SSSR count). The lowest BCUT2D eigenvalue weighted by Crippen LogP contribution is -2.34. The minimum absolute atomic E-state index is 0.282. The summed E-state index contributed by atoms with van der Waals surface area (Å²) < 4.78 is 23.6. The van der Waals surface area contributed by atoms with Crippen LogP contribution >= 0.6 is 0 Å². The number of para-hydroxylation sites is 1. The predicted octanol–water partition coefficient (Wildman–Crippen LogP) is 2.65. The summed E-state index contributed by atoms with van der Waals surface area (Å²) >= 11 is 0. The fourth-order valence-electron chi connectivity index (χ4n) is 2.70. The summed E-state index contributed by atoms with van der Waals surface area (Å²) in [6.07, 6.45) is -0.403. The van der Waals surface area contributed by atoms with E-state index in [9.17, 15) is 9.18 Å². The van der Waals surface area contributed by atoms with Gasteiger partial charge in [-0.3, -0.25) is 4.79 Å². The number of halogens is 1. The second-order valence-electron chi connectivity index (χ2n) is 5.72. The largest absolute Gasteiger partial charge is 0.493 e. The maximum absolute atomic E-state index is 12.9. The summed E-state index contributed by atoms with van der Waals surface area (Å²) in [5, 5.41) is 6.80. The quantitative estimate of drug-likeness (QED) is 0.862. The third-order valence-corrected chi connectivity index (χ3v) is 4.06. The predicted molar refractivity (Wildman–Crippen MR) is 93.8 cm³/mol. The fraction of sp³-hybridized carbons (Fsp3) is 0.263. The van der Waals surface area contributed by atoms with Crippen LogP contribution in [-0.4, -0.2) is 31.9 Å². The highest BCUT2D eigenvalue weighted by atomic mass is 19.1. The molecule has 0 radical (unpaired) electrons. The Morgan fingerprint density at radius 1 is 1.23 bits per heavy atom. The van der Waals surface area contributed by atoms with Gasteiger partial charge in [0.2, 0.25) is 6.10 Å². The minimum Gasteiger partial charge on any atom is -0.493 e. The standard InChI is InChI=1S/C19H19FN2O4/c1-24-16-5-3-4-14(18(16)25-2)15-10-17(26-22-15)19(23)21-11-12-6-8-13(20)9-7-12/h3-9,17H,10-11H2,1-2H3,(H,21,23). The van der Waals surface area contributed by atoms with Gasteiger partial charge in [-0.05, 0) is 29.8 Å². The van der Waals surface area contributed by atoms with Crippen LogP contribution in [0, 0.1) is 5.82 Å². The Morgan fingerprint density at radius 3 is 2.69 bits per heavy atom. The lowest BCUT2D eigenvalue weighted by molar-refractivity contribution is -0.131. The van der Waals surface area contributed by atoms with Crippen LogP contribution in [0.25, 0.3) is 0 Å². The second-order valence-corrected chi connectivity index (χ2v) is 5.72. The number of nitrogens with zero attached hydrogens (tertiary/aromatic N) is 1. The first kappa shape index (κ1) is 17.7. The molecule has 1 aliphatic heterocycles. The first-order valence-corrected chi connectivity index (χ1v) is 8.08. The highest BCUT2D eigenvalue weighted by Crippen LogP contribution is 2.33. The molecular formula is C19H19FN2O4. The molecule has 0 saturated carbocycles. The lowest BCUT2D eigenvalue weighted by atomic mass is 10.0. The van der Waals surface area contributed by atoms with Gasteiger partial charge >= 0.3 is 0 Å². The molecule has 2 aromatic rings. The molecule has 7 heteroatoms. The van der Waals surface area contributed by atoms with Crippen molar-refractivity contribution in [1.29, 1.82) is 0 Å². The second kappa shape index (κ2) is 7.86. The van der Waals surface area contributed by atoms with E-state index < -0.39 is 6.10 Å². The summed E-state index contributed by atoms with van der Waals surface area (Å²) in [5.74, 6) is 0.529. The molecule has 0 aromatic heterocycles. The molecule has 0 saturated heterocycles. The third-order valence-electron chi connectivity index (χ3n) is 4.06. The van der Waals surface area contributed by atoms with E-state index in [0.29, 0.717) is 23.6 Å². The summed E-state index contributed by atoms with van der Waals surface area (Å²) in [5.41, 5.74) is 2.14. The number of hydrogen-bond acceptors (Lipinski definition) is 5. The van der Waals surface area contributed by atoms with Crippen LogP contribution in [-0.2, 0) is 16.2 Å². The lowest BCUT2D eigenvalue weighted by Gasteiger charge is -2.12. The van der Waals surface area contributed by atoms with Crippen LogP contribution in [0.5, 0.6) is 11.5 Å². The number of hydrogen-bond donors (Lipinski definition) is 1. The van der Waals surface area contributed by atoms with Crippen molar-refractivity contribution in [2.45, 2.75) is 19.1 Å². The Kier molecular flexibility index (Phi) is 5.36. The topological polar surface area (TPSA) is 69.2 Å². The van der Waals surface area contributed by atoms with Crippen molar-refractivity contribution >= 4 is 11.6 Å². The number of methoxy groups -OCH3 is 2. The number of carbonyl (C=O) groups is 1. The molecule has 1 N–H and O–H groups in total. The van der Waals surface area contributed by atoms with Gasteiger partial charge in [0.05, 0.1) is 19.9 Å². The molecule has 0 bridgehead atoms. The summed E-state index contributed by atoms with van der Waals surface area (Å²) in [7, 11) is 3.10. The Balaban J connectivity index is 1.63. The maximum Gasteiger partial charge on any atom is 0.264 e.